The highest BCUT2D eigenvalue weighted by Crippen LogP contribution is 2.32. The number of aryl methyl sites for hydroxylation is 1. The second-order valence-electron chi connectivity index (χ2n) is 4.64. The molecule has 3 rings (SSSR count). The molecule has 1 aromatic carbocycles. The smallest absolute Gasteiger partial charge is 0.201 e. The molecule has 0 saturated carbocycles. The van der Waals surface area contributed by atoms with Crippen molar-refractivity contribution < 1.29 is 0 Å². The first-order valence-electron chi connectivity index (χ1n) is 6.48. The average molecular weight is 307 g/mol. The van der Waals surface area contributed by atoms with E-state index in [1.807, 2.05) is 29.0 Å². The highest BCUT2D eigenvalue weighted by Gasteiger charge is 2.19. The number of thiazole rings is 1. The van der Waals surface area contributed by atoms with Crippen molar-refractivity contribution >= 4 is 39.9 Å². The van der Waals surface area contributed by atoms with Crippen molar-refractivity contribution in [3.63, 3.8) is 0 Å². The Morgan fingerprint density at radius 1 is 1.45 bits per heavy atom. The lowest BCUT2D eigenvalue weighted by Crippen LogP contribution is -2.09. The van der Waals surface area contributed by atoms with Crippen molar-refractivity contribution in [3.8, 4) is 0 Å². The van der Waals surface area contributed by atoms with Gasteiger partial charge in [-0.2, -0.15) is 0 Å². The van der Waals surface area contributed by atoms with Gasteiger partial charge >= 0.3 is 0 Å². The Morgan fingerprint density at radius 3 is 2.95 bits per heavy atom. The van der Waals surface area contributed by atoms with Crippen LogP contribution in [0.1, 0.15) is 29.8 Å². The van der Waals surface area contributed by atoms with Crippen LogP contribution in [-0.2, 0) is 6.42 Å². The minimum Gasteiger partial charge on any atom is -0.369 e. The number of benzene rings is 1. The molecule has 0 amide bonds. The number of fused-ring (bicyclic) bond motifs is 1. The number of nitrogens with zero attached hydrogens (tertiary/aromatic N) is 3. The summed E-state index contributed by atoms with van der Waals surface area (Å²) in [5.41, 5.74) is 7.75. The number of nitrogen functional groups attached to an aromatic ring is 1. The molecule has 0 aliphatic carbocycles. The molecule has 0 aliphatic heterocycles. The summed E-state index contributed by atoms with van der Waals surface area (Å²) in [6.07, 6.45) is 2.93. The highest BCUT2D eigenvalue weighted by molar-refractivity contribution is 7.11. The summed E-state index contributed by atoms with van der Waals surface area (Å²) in [4.78, 5) is 10.1. The summed E-state index contributed by atoms with van der Waals surface area (Å²) in [7, 11) is 0. The molecular formula is C14H15ClN4S. The average Bonchev–Trinajstić information content (AvgIpc) is 3.03. The molecule has 0 radical (unpaired) electrons. The first kappa shape index (κ1) is 13.4. The van der Waals surface area contributed by atoms with Crippen LogP contribution in [0.2, 0.25) is 5.02 Å². The number of imidazole rings is 1. The van der Waals surface area contributed by atoms with Gasteiger partial charge in [0.25, 0.3) is 0 Å². The van der Waals surface area contributed by atoms with Gasteiger partial charge in [0, 0.05) is 11.1 Å². The molecule has 0 saturated heterocycles. The van der Waals surface area contributed by atoms with E-state index < -0.39 is 0 Å². The van der Waals surface area contributed by atoms with Crippen LogP contribution in [0.15, 0.2) is 24.4 Å². The highest BCUT2D eigenvalue weighted by atomic mass is 35.5. The van der Waals surface area contributed by atoms with E-state index in [4.69, 9.17) is 17.3 Å². The molecule has 0 fully saturated rings. The maximum Gasteiger partial charge on any atom is 0.201 e. The Kier molecular flexibility index (Phi) is 3.40. The van der Waals surface area contributed by atoms with Crippen LogP contribution in [-0.4, -0.2) is 14.5 Å². The fourth-order valence-corrected chi connectivity index (χ4v) is 3.41. The molecule has 4 nitrogen and oxygen atoms in total. The van der Waals surface area contributed by atoms with Crippen LogP contribution >= 0.6 is 22.9 Å². The summed E-state index contributed by atoms with van der Waals surface area (Å²) in [5.74, 6) is 0.467. The number of rotatable bonds is 3. The lowest BCUT2D eigenvalue weighted by molar-refractivity contribution is 0.662. The fourth-order valence-electron chi connectivity index (χ4n) is 2.30. The van der Waals surface area contributed by atoms with Gasteiger partial charge in [-0.25, -0.2) is 9.97 Å². The molecule has 104 valence electrons. The standard InChI is InChI=1S/C14H15ClN4S/c1-3-9-7-17-13(20-9)8(2)19-11-6-4-5-10(15)12(11)18-14(19)16/h4-8H,3H2,1-2H3,(H2,16,18). The normalized spacial score (nSPS) is 12.9. The Hall–Kier alpha value is -1.59. The van der Waals surface area contributed by atoms with E-state index in [9.17, 15) is 0 Å². The van der Waals surface area contributed by atoms with Crippen molar-refractivity contribution in [2.24, 2.45) is 0 Å². The Bertz CT molecular complexity index is 762. The monoisotopic (exact) mass is 306 g/mol. The predicted molar refractivity (Wildman–Crippen MR) is 84.5 cm³/mol. The molecule has 2 heterocycles. The van der Waals surface area contributed by atoms with E-state index in [-0.39, 0.29) is 6.04 Å². The van der Waals surface area contributed by atoms with Crippen molar-refractivity contribution in [2.45, 2.75) is 26.3 Å². The zero-order valence-electron chi connectivity index (χ0n) is 11.3. The molecule has 3 aromatic rings. The molecule has 0 spiro atoms. The van der Waals surface area contributed by atoms with Gasteiger partial charge in [-0.1, -0.05) is 24.6 Å². The Balaban J connectivity index is 2.13. The van der Waals surface area contributed by atoms with Crippen LogP contribution in [0.25, 0.3) is 11.0 Å². The number of halogens is 1. The van der Waals surface area contributed by atoms with Gasteiger partial charge < -0.3 is 10.3 Å². The fraction of sp³-hybridized carbons (Fsp3) is 0.286. The Labute approximate surface area is 126 Å². The molecule has 1 atom stereocenters. The quantitative estimate of drug-likeness (QED) is 0.798. The third kappa shape index (κ3) is 2.07. The molecule has 6 heteroatoms. The number of nitrogens with two attached hydrogens (primary N) is 1. The van der Waals surface area contributed by atoms with Gasteiger partial charge in [0.2, 0.25) is 5.95 Å². The lowest BCUT2D eigenvalue weighted by Gasteiger charge is -2.13. The first-order chi connectivity index (χ1) is 9.61. The number of para-hydroxylation sites is 1. The van der Waals surface area contributed by atoms with Crippen LogP contribution in [0.4, 0.5) is 5.95 Å². The zero-order valence-corrected chi connectivity index (χ0v) is 12.9. The van der Waals surface area contributed by atoms with Crippen molar-refractivity contribution in [1.29, 1.82) is 0 Å². The van der Waals surface area contributed by atoms with Crippen molar-refractivity contribution in [3.05, 3.63) is 39.3 Å². The third-order valence-electron chi connectivity index (χ3n) is 3.36. The van der Waals surface area contributed by atoms with Gasteiger partial charge in [-0.15, -0.1) is 11.3 Å². The SMILES string of the molecule is CCc1cnc(C(C)n2c(N)nc3c(Cl)cccc32)s1. The van der Waals surface area contributed by atoms with E-state index in [2.05, 4.69) is 23.8 Å². The Morgan fingerprint density at radius 2 is 2.25 bits per heavy atom. The summed E-state index contributed by atoms with van der Waals surface area (Å²) in [6.45, 7) is 4.21. The number of aromatic nitrogens is 3. The van der Waals surface area contributed by atoms with Crippen LogP contribution < -0.4 is 5.73 Å². The van der Waals surface area contributed by atoms with E-state index in [1.165, 1.54) is 4.88 Å². The molecule has 2 N–H and O–H groups in total. The molecule has 1 unspecified atom stereocenters. The summed E-state index contributed by atoms with van der Waals surface area (Å²) in [5, 5.41) is 1.65. The molecule has 20 heavy (non-hydrogen) atoms. The number of hydrogen-bond donors (Lipinski definition) is 1. The van der Waals surface area contributed by atoms with Crippen LogP contribution in [0, 0.1) is 0 Å². The van der Waals surface area contributed by atoms with E-state index in [1.54, 1.807) is 11.3 Å². The minimum atomic E-state index is 0.0452. The minimum absolute atomic E-state index is 0.0452. The first-order valence-corrected chi connectivity index (χ1v) is 7.67. The van der Waals surface area contributed by atoms with Gasteiger partial charge in [-0.05, 0) is 25.5 Å². The molecule has 0 aliphatic rings. The third-order valence-corrected chi connectivity index (χ3v) is 4.98. The van der Waals surface area contributed by atoms with E-state index in [0.29, 0.717) is 11.0 Å². The number of hydrogen-bond acceptors (Lipinski definition) is 4. The predicted octanol–water partition coefficient (Wildman–Crippen LogP) is 3.90. The van der Waals surface area contributed by atoms with Crippen LogP contribution in [0.5, 0.6) is 0 Å². The molecular weight excluding hydrogens is 292 g/mol. The van der Waals surface area contributed by atoms with Gasteiger partial charge in [0.1, 0.15) is 10.5 Å². The van der Waals surface area contributed by atoms with E-state index >= 15 is 0 Å². The largest absolute Gasteiger partial charge is 0.369 e. The maximum atomic E-state index is 6.18. The summed E-state index contributed by atoms with van der Waals surface area (Å²) < 4.78 is 1.99. The molecule has 2 aromatic heterocycles. The number of anilines is 1. The van der Waals surface area contributed by atoms with Crippen LogP contribution in [0.3, 0.4) is 0 Å². The topological polar surface area (TPSA) is 56.7 Å². The van der Waals surface area contributed by atoms with Crippen molar-refractivity contribution in [2.75, 3.05) is 5.73 Å². The second kappa shape index (κ2) is 5.07. The maximum absolute atomic E-state index is 6.18. The van der Waals surface area contributed by atoms with Gasteiger partial charge in [0.15, 0.2) is 0 Å². The van der Waals surface area contributed by atoms with E-state index in [0.717, 1.165) is 22.5 Å². The second-order valence-corrected chi connectivity index (χ2v) is 6.20. The zero-order chi connectivity index (χ0) is 14.3. The van der Waals surface area contributed by atoms with Gasteiger partial charge in [-0.3, -0.25) is 0 Å². The molecule has 0 bridgehead atoms. The lowest BCUT2D eigenvalue weighted by atomic mass is 10.3. The van der Waals surface area contributed by atoms with Gasteiger partial charge in [0.05, 0.1) is 16.6 Å². The van der Waals surface area contributed by atoms with Crippen molar-refractivity contribution in [1.82, 2.24) is 14.5 Å². The summed E-state index contributed by atoms with van der Waals surface area (Å²) >= 11 is 7.89. The summed E-state index contributed by atoms with van der Waals surface area (Å²) in [6, 6.07) is 5.76.